The Hall–Kier alpha value is -0.180. The van der Waals surface area contributed by atoms with Crippen molar-refractivity contribution >= 4 is 17.7 Å². The molecule has 3 atom stereocenters. The van der Waals surface area contributed by atoms with Crippen LogP contribution in [0, 0.1) is 11.8 Å². The van der Waals surface area contributed by atoms with E-state index in [1.807, 2.05) is 11.8 Å². The largest absolute Gasteiger partial charge is 0.481 e. The standard InChI is InChI=1S/C14H26O2S/c1-3-5-6-9-17-13-10-11(4-2)7-8-12(13)14(15)16/h11-13H,3-10H2,1-2H3,(H,15,16). The molecule has 3 heteroatoms. The van der Waals surface area contributed by atoms with Gasteiger partial charge in [-0.05, 0) is 37.4 Å². The van der Waals surface area contributed by atoms with E-state index in [0.29, 0.717) is 5.25 Å². The molecular formula is C14H26O2S. The van der Waals surface area contributed by atoms with Crippen molar-refractivity contribution in [1.82, 2.24) is 0 Å². The van der Waals surface area contributed by atoms with Crippen molar-refractivity contribution in [2.45, 2.75) is 64.0 Å². The fourth-order valence-corrected chi connectivity index (χ4v) is 4.20. The first-order chi connectivity index (χ1) is 8.19. The van der Waals surface area contributed by atoms with Gasteiger partial charge in [-0.1, -0.05) is 33.1 Å². The van der Waals surface area contributed by atoms with Crippen LogP contribution < -0.4 is 0 Å². The van der Waals surface area contributed by atoms with Crippen LogP contribution in [-0.4, -0.2) is 22.1 Å². The lowest BCUT2D eigenvalue weighted by Crippen LogP contribution is -2.32. The molecule has 3 unspecified atom stereocenters. The average molecular weight is 258 g/mol. The molecule has 1 fully saturated rings. The summed E-state index contributed by atoms with van der Waals surface area (Å²) >= 11 is 1.91. The van der Waals surface area contributed by atoms with Gasteiger partial charge in [0.1, 0.15) is 0 Å². The summed E-state index contributed by atoms with van der Waals surface area (Å²) in [6.45, 7) is 4.43. The van der Waals surface area contributed by atoms with Crippen LogP contribution in [0.1, 0.15) is 58.8 Å². The topological polar surface area (TPSA) is 37.3 Å². The molecule has 0 radical (unpaired) electrons. The fourth-order valence-electron chi connectivity index (χ4n) is 2.64. The van der Waals surface area contributed by atoms with E-state index in [-0.39, 0.29) is 5.92 Å². The maximum Gasteiger partial charge on any atom is 0.307 e. The van der Waals surface area contributed by atoms with Crippen LogP contribution in [0.2, 0.25) is 0 Å². The predicted octanol–water partition coefficient (Wildman–Crippen LogP) is 4.19. The number of hydrogen-bond donors (Lipinski definition) is 1. The van der Waals surface area contributed by atoms with Crippen LogP contribution in [0.5, 0.6) is 0 Å². The van der Waals surface area contributed by atoms with E-state index in [0.717, 1.165) is 30.9 Å². The van der Waals surface area contributed by atoms with Crippen molar-refractivity contribution in [2.24, 2.45) is 11.8 Å². The SMILES string of the molecule is CCCCCSC1CC(CC)CCC1C(=O)O. The Labute approximate surface area is 110 Å². The Balaban J connectivity index is 2.40. The second-order valence-electron chi connectivity index (χ2n) is 5.15. The monoisotopic (exact) mass is 258 g/mol. The Morgan fingerprint density at radius 1 is 1.29 bits per heavy atom. The molecule has 0 amide bonds. The fraction of sp³-hybridized carbons (Fsp3) is 0.929. The molecule has 0 aromatic carbocycles. The summed E-state index contributed by atoms with van der Waals surface area (Å²) in [6, 6.07) is 0. The molecule has 2 nitrogen and oxygen atoms in total. The third-order valence-corrected chi connectivity index (χ3v) is 5.35. The van der Waals surface area contributed by atoms with Gasteiger partial charge in [0.2, 0.25) is 0 Å². The zero-order valence-corrected chi connectivity index (χ0v) is 12.0. The van der Waals surface area contributed by atoms with Crippen molar-refractivity contribution in [3.63, 3.8) is 0 Å². The molecule has 1 saturated carbocycles. The molecule has 0 aromatic rings. The lowest BCUT2D eigenvalue weighted by molar-refractivity contribution is -0.142. The summed E-state index contributed by atoms with van der Waals surface area (Å²) in [5.74, 6) is 1.23. The summed E-state index contributed by atoms with van der Waals surface area (Å²) < 4.78 is 0. The lowest BCUT2D eigenvalue weighted by atomic mass is 9.80. The van der Waals surface area contributed by atoms with Crippen molar-refractivity contribution in [1.29, 1.82) is 0 Å². The van der Waals surface area contributed by atoms with Gasteiger partial charge in [-0.3, -0.25) is 4.79 Å². The summed E-state index contributed by atoms with van der Waals surface area (Å²) in [6.07, 6.45) is 8.07. The first-order valence-electron chi connectivity index (χ1n) is 7.03. The van der Waals surface area contributed by atoms with Crippen LogP contribution in [0.25, 0.3) is 0 Å². The smallest absolute Gasteiger partial charge is 0.307 e. The average Bonchev–Trinajstić information content (AvgIpc) is 2.34. The number of carboxylic acids is 1. The molecule has 1 aliphatic carbocycles. The first-order valence-corrected chi connectivity index (χ1v) is 8.08. The van der Waals surface area contributed by atoms with Gasteiger partial charge < -0.3 is 5.11 Å². The molecule has 0 heterocycles. The van der Waals surface area contributed by atoms with Gasteiger partial charge in [0.05, 0.1) is 5.92 Å². The Morgan fingerprint density at radius 3 is 2.65 bits per heavy atom. The molecule has 1 N–H and O–H groups in total. The number of carbonyl (C=O) groups is 1. The van der Waals surface area contributed by atoms with Crippen LogP contribution in [-0.2, 0) is 4.79 Å². The third kappa shape index (κ3) is 4.90. The predicted molar refractivity (Wildman–Crippen MR) is 74.5 cm³/mol. The van der Waals surface area contributed by atoms with Gasteiger partial charge in [-0.15, -0.1) is 0 Å². The summed E-state index contributed by atoms with van der Waals surface area (Å²) in [5, 5.41) is 9.62. The molecular weight excluding hydrogens is 232 g/mol. The quantitative estimate of drug-likeness (QED) is 0.696. The van der Waals surface area contributed by atoms with Crippen LogP contribution in [0.15, 0.2) is 0 Å². The number of carboxylic acid groups (broad SMARTS) is 1. The molecule has 0 saturated heterocycles. The number of rotatable bonds is 7. The van der Waals surface area contributed by atoms with E-state index in [2.05, 4.69) is 13.8 Å². The molecule has 17 heavy (non-hydrogen) atoms. The Bertz CT molecular complexity index is 230. The van der Waals surface area contributed by atoms with Gasteiger partial charge in [0, 0.05) is 5.25 Å². The minimum Gasteiger partial charge on any atom is -0.481 e. The van der Waals surface area contributed by atoms with E-state index < -0.39 is 5.97 Å². The van der Waals surface area contributed by atoms with E-state index >= 15 is 0 Å². The number of unbranched alkanes of at least 4 members (excludes halogenated alkanes) is 2. The highest BCUT2D eigenvalue weighted by Crippen LogP contribution is 2.38. The maximum absolute atomic E-state index is 11.2. The summed E-state index contributed by atoms with van der Waals surface area (Å²) in [4.78, 5) is 11.2. The normalized spacial score (nSPS) is 29.2. The van der Waals surface area contributed by atoms with Gasteiger partial charge >= 0.3 is 5.97 Å². The molecule has 1 aliphatic rings. The van der Waals surface area contributed by atoms with Gasteiger partial charge in [-0.2, -0.15) is 11.8 Å². The first kappa shape index (κ1) is 14.9. The zero-order valence-electron chi connectivity index (χ0n) is 11.2. The second kappa shape index (κ2) is 8.02. The van der Waals surface area contributed by atoms with E-state index in [1.54, 1.807) is 0 Å². The number of hydrogen-bond acceptors (Lipinski definition) is 2. The highest BCUT2D eigenvalue weighted by molar-refractivity contribution is 7.99. The van der Waals surface area contributed by atoms with Crippen LogP contribution in [0.4, 0.5) is 0 Å². The molecule has 0 bridgehead atoms. The highest BCUT2D eigenvalue weighted by atomic mass is 32.2. The summed E-state index contributed by atoms with van der Waals surface area (Å²) in [5.41, 5.74) is 0. The van der Waals surface area contributed by atoms with Crippen molar-refractivity contribution in [2.75, 3.05) is 5.75 Å². The highest BCUT2D eigenvalue weighted by Gasteiger charge is 2.34. The Kier molecular flexibility index (Phi) is 7.02. The molecule has 0 aliphatic heterocycles. The second-order valence-corrected chi connectivity index (χ2v) is 6.50. The molecule has 1 rings (SSSR count). The zero-order chi connectivity index (χ0) is 12.7. The van der Waals surface area contributed by atoms with Crippen molar-refractivity contribution in [3.8, 4) is 0 Å². The minimum absolute atomic E-state index is 0.0931. The van der Waals surface area contributed by atoms with Crippen molar-refractivity contribution in [3.05, 3.63) is 0 Å². The third-order valence-electron chi connectivity index (χ3n) is 3.87. The van der Waals surface area contributed by atoms with E-state index in [9.17, 15) is 9.90 Å². The number of thioether (sulfide) groups is 1. The van der Waals surface area contributed by atoms with Gasteiger partial charge in [0.25, 0.3) is 0 Å². The van der Waals surface area contributed by atoms with Gasteiger partial charge in [0.15, 0.2) is 0 Å². The molecule has 0 aromatic heterocycles. The molecule has 0 spiro atoms. The Morgan fingerprint density at radius 2 is 2.06 bits per heavy atom. The summed E-state index contributed by atoms with van der Waals surface area (Å²) in [7, 11) is 0. The van der Waals surface area contributed by atoms with E-state index in [1.165, 1.54) is 25.7 Å². The van der Waals surface area contributed by atoms with Crippen LogP contribution >= 0.6 is 11.8 Å². The number of aliphatic carboxylic acids is 1. The van der Waals surface area contributed by atoms with Gasteiger partial charge in [-0.25, -0.2) is 0 Å². The maximum atomic E-state index is 11.2. The lowest BCUT2D eigenvalue weighted by Gasteiger charge is -2.33. The van der Waals surface area contributed by atoms with E-state index in [4.69, 9.17) is 0 Å². The van der Waals surface area contributed by atoms with Crippen LogP contribution in [0.3, 0.4) is 0 Å². The minimum atomic E-state index is -0.576. The van der Waals surface area contributed by atoms with Crippen molar-refractivity contribution < 1.29 is 9.90 Å². The molecule has 100 valence electrons.